The summed E-state index contributed by atoms with van der Waals surface area (Å²) in [4.78, 5) is 31.2. The van der Waals surface area contributed by atoms with Crippen LogP contribution in [0.2, 0.25) is 0 Å². The molecule has 0 atom stereocenters. The van der Waals surface area contributed by atoms with Crippen molar-refractivity contribution in [3.05, 3.63) is 64.4 Å². The topological polar surface area (TPSA) is 113 Å². The van der Waals surface area contributed by atoms with Gasteiger partial charge in [-0.05, 0) is 19.4 Å². The van der Waals surface area contributed by atoms with Crippen molar-refractivity contribution in [1.82, 2.24) is 14.7 Å². The van der Waals surface area contributed by atoms with E-state index in [1.807, 2.05) is 49.1 Å². The lowest BCUT2D eigenvalue weighted by atomic mass is 10.2. The van der Waals surface area contributed by atoms with Gasteiger partial charge in [-0.2, -0.15) is 0 Å². The van der Waals surface area contributed by atoms with Crippen molar-refractivity contribution in [2.75, 3.05) is 10.2 Å². The molecule has 1 amide bonds. The van der Waals surface area contributed by atoms with Crippen molar-refractivity contribution in [1.29, 1.82) is 0 Å². The van der Waals surface area contributed by atoms with Crippen LogP contribution in [0.3, 0.4) is 0 Å². The molecule has 146 valence electrons. The maximum absolute atomic E-state index is 12.5. The maximum Gasteiger partial charge on any atom is 0.297 e. The van der Waals surface area contributed by atoms with Gasteiger partial charge in [-0.3, -0.25) is 14.2 Å². The number of amides is 1. The molecule has 9 heteroatoms. The number of aromatic hydroxyl groups is 1. The lowest BCUT2D eigenvalue weighted by Gasteiger charge is -2.29. The van der Waals surface area contributed by atoms with Gasteiger partial charge >= 0.3 is 0 Å². The number of nitrogens with one attached hydrogen (secondary N) is 1. The first-order chi connectivity index (χ1) is 13.4. The second kappa shape index (κ2) is 7.95. The van der Waals surface area contributed by atoms with E-state index in [0.717, 1.165) is 5.56 Å². The number of carbonyl (C=O) groups excluding carboxylic acids is 1. The molecule has 2 aromatic heterocycles. The number of nitrogens with zero attached hydrogens (tertiary/aromatic N) is 4. The Balaban J connectivity index is 2.02. The Hall–Kier alpha value is -3.62. The predicted molar refractivity (Wildman–Crippen MR) is 103 cm³/mol. The van der Waals surface area contributed by atoms with Crippen LogP contribution in [0.25, 0.3) is 0 Å². The fourth-order valence-electron chi connectivity index (χ4n) is 2.72. The predicted octanol–water partition coefficient (Wildman–Crippen LogP) is 2.14. The van der Waals surface area contributed by atoms with Gasteiger partial charge in [-0.25, -0.2) is 4.98 Å². The van der Waals surface area contributed by atoms with Crippen molar-refractivity contribution in [2.45, 2.75) is 26.4 Å². The van der Waals surface area contributed by atoms with Crippen molar-refractivity contribution in [3.8, 4) is 5.75 Å². The van der Waals surface area contributed by atoms with Gasteiger partial charge in [-0.15, -0.1) is 0 Å². The molecule has 3 rings (SSSR count). The van der Waals surface area contributed by atoms with Crippen LogP contribution in [0.1, 0.15) is 29.9 Å². The summed E-state index contributed by atoms with van der Waals surface area (Å²) in [6, 6.07) is 9.69. The second-order valence-corrected chi connectivity index (χ2v) is 6.55. The first kappa shape index (κ1) is 19.2. The van der Waals surface area contributed by atoms with E-state index >= 15 is 0 Å². The minimum Gasteiger partial charge on any atom is -0.501 e. The van der Waals surface area contributed by atoms with Crippen molar-refractivity contribution in [2.24, 2.45) is 7.05 Å². The molecule has 0 bridgehead atoms. The van der Waals surface area contributed by atoms with Crippen LogP contribution in [-0.2, 0) is 13.6 Å². The van der Waals surface area contributed by atoms with Crippen LogP contribution in [0.4, 0.5) is 11.6 Å². The largest absolute Gasteiger partial charge is 0.501 e. The molecule has 0 unspecified atom stereocenters. The van der Waals surface area contributed by atoms with Gasteiger partial charge < -0.3 is 19.8 Å². The molecule has 28 heavy (non-hydrogen) atoms. The van der Waals surface area contributed by atoms with Crippen LogP contribution in [0.5, 0.6) is 5.75 Å². The summed E-state index contributed by atoms with van der Waals surface area (Å²) in [5.74, 6) is -1.18. The SMILES string of the molecule is CC(C)N(Cc1ccccc1)c1nc(C(=O)Nc2cnoc2)c(O)c(=O)n1C. The van der Waals surface area contributed by atoms with Crippen molar-refractivity contribution in [3.63, 3.8) is 0 Å². The highest BCUT2D eigenvalue weighted by Crippen LogP contribution is 2.21. The molecular formula is C19H21N5O4. The smallest absolute Gasteiger partial charge is 0.297 e. The van der Waals surface area contributed by atoms with Gasteiger partial charge in [0.05, 0.1) is 6.20 Å². The Morgan fingerprint density at radius 2 is 2.04 bits per heavy atom. The quantitative estimate of drug-likeness (QED) is 0.670. The van der Waals surface area contributed by atoms with Crippen LogP contribution in [0, 0.1) is 0 Å². The van der Waals surface area contributed by atoms with Crippen LogP contribution < -0.4 is 15.8 Å². The number of hydrogen-bond acceptors (Lipinski definition) is 7. The molecule has 0 saturated carbocycles. The fourth-order valence-corrected chi connectivity index (χ4v) is 2.72. The summed E-state index contributed by atoms with van der Waals surface area (Å²) in [5.41, 5.74) is 0.240. The van der Waals surface area contributed by atoms with Crippen molar-refractivity contribution < 1.29 is 14.4 Å². The molecular weight excluding hydrogens is 362 g/mol. The zero-order valence-corrected chi connectivity index (χ0v) is 15.8. The average molecular weight is 383 g/mol. The Bertz CT molecular complexity index is 1010. The Morgan fingerprint density at radius 1 is 1.32 bits per heavy atom. The summed E-state index contributed by atoms with van der Waals surface area (Å²) in [7, 11) is 1.51. The number of carbonyl (C=O) groups is 1. The maximum atomic E-state index is 12.5. The third kappa shape index (κ3) is 3.88. The highest BCUT2D eigenvalue weighted by molar-refractivity contribution is 6.04. The van der Waals surface area contributed by atoms with Crippen LogP contribution >= 0.6 is 0 Å². The van der Waals surface area contributed by atoms with Gasteiger partial charge in [0.25, 0.3) is 11.5 Å². The molecule has 2 heterocycles. The average Bonchev–Trinajstić information content (AvgIpc) is 3.18. The number of anilines is 2. The summed E-state index contributed by atoms with van der Waals surface area (Å²) < 4.78 is 5.89. The Morgan fingerprint density at radius 3 is 2.64 bits per heavy atom. The van der Waals surface area contributed by atoms with E-state index in [-0.39, 0.29) is 17.7 Å². The standard InChI is InChI=1S/C19H21N5O4/c1-12(2)24(10-13-7-5-4-6-8-13)19-22-15(16(25)18(27)23(19)3)17(26)21-14-9-20-28-11-14/h4-9,11-12,25H,10H2,1-3H3,(H,21,26). The van der Waals surface area contributed by atoms with Crippen molar-refractivity contribution >= 4 is 17.5 Å². The minimum absolute atomic E-state index is 0.0168. The van der Waals surface area contributed by atoms with Crippen LogP contribution in [0.15, 0.2) is 52.1 Å². The Labute approximate surface area is 161 Å². The van der Waals surface area contributed by atoms with Gasteiger partial charge in [0.1, 0.15) is 12.0 Å². The monoisotopic (exact) mass is 383 g/mol. The van der Waals surface area contributed by atoms with Gasteiger partial charge in [0.2, 0.25) is 11.7 Å². The normalized spacial score (nSPS) is 10.9. The van der Waals surface area contributed by atoms with E-state index in [1.54, 1.807) is 0 Å². The lowest BCUT2D eigenvalue weighted by molar-refractivity contribution is 0.101. The van der Waals surface area contributed by atoms with E-state index < -0.39 is 17.2 Å². The number of hydrogen-bond donors (Lipinski definition) is 2. The minimum atomic E-state index is -0.733. The first-order valence-electron chi connectivity index (χ1n) is 8.69. The molecule has 0 fully saturated rings. The molecule has 0 aliphatic carbocycles. The molecule has 0 saturated heterocycles. The lowest BCUT2D eigenvalue weighted by Crippen LogP contribution is -2.37. The highest BCUT2D eigenvalue weighted by atomic mass is 16.5. The number of rotatable bonds is 6. The molecule has 1 aromatic carbocycles. The Kier molecular flexibility index (Phi) is 5.44. The fraction of sp³-hybridized carbons (Fsp3) is 0.263. The van der Waals surface area contributed by atoms with Gasteiger partial charge in [0, 0.05) is 19.6 Å². The molecule has 0 aliphatic heterocycles. The summed E-state index contributed by atoms with van der Waals surface area (Å²) in [6.45, 7) is 4.40. The third-order valence-electron chi connectivity index (χ3n) is 4.22. The molecule has 9 nitrogen and oxygen atoms in total. The third-order valence-corrected chi connectivity index (χ3v) is 4.22. The van der Waals surface area contributed by atoms with Gasteiger partial charge in [0.15, 0.2) is 5.69 Å². The second-order valence-electron chi connectivity index (χ2n) is 6.55. The molecule has 0 spiro atoms. The molecule has 0 radical (unpaired) electrons. The molecule has 0 aliphatic rings. The summed E-state index contributed by atoms with van der Waals surface area (Å²) in [5, 5.41) is 16.2. The van der Waals surface area contributed by atoms with E-state index in [0.29, 0.717) is 12.2 Å². The van der Waals surface area contributed by atoms with E-state index in [4.69, 9.17) is 0 Å². The van der Waals surface area contributed by atoms with E-state index in [2.05, 4.69) is 20.0 Å². The number of benzene rings is 1. The zero-order chi connectivity index (χ0) is 20.3. The van der Waals surface area contributed by atoms with Gasteiger partial charge in [-0.1, -0.05) is 35.5 Å². The molecule has 3 aromatic rings. The zero-order valence-electron chi connectivity index (χ0n) is 15.8. The molecule has 2 N–H and O–H groups in total. The number of aromatic nitrogens is 3. The highest BCUT2D eigenvalue weighted by Gasteiger charge is 2.24. The van der Waals surface area contributed by atoms with E-state index in [9.17, 15) is 14.7 Å². The summed E-state index contributed by atoms with van der Waals surface area (Å²) in [6.07, 6.45) is 2.53. The van der Waals surface area contributed by atoms with E-state index in [1.165, 1.54) is 24.1 Å². The van der Waals surface area contributed by atoms with Crippen LogP contribution in [-0.4, -0.2) is 31.8 Å². The summed E-state index contributed by atoms with van der Waals surface area (Å²) >= 11 is 0. The first-order valence-corrected chi connectivity index (χ1v) is 8.69.